The second kappa shape index (κ2) is 8.82. The number of nitrogens with one attached hydrogen (secondary N) is 1. The molecule has 3 N–H and O–H groups in total. The Hall–Kier alpha value is -1.12. The van der Waals surface area contributed by atoms with Gasteiger partial charge < -0.3 is 15.8 Å². The quantitative estimate of drug-likeness (QED) is 0.360. The van der Waals surface area contributed by atoms with Gasteiger partial charge in [0.15, 0.2) is 5.96 Å². The standard InChI is InChI=1S/C18H20BrN3O.HI/c1-23-11-12-6-2-5-9-16(12)21-18(20)22-17-10-14(17)13-7-3-4-8-15(13)19;/h2-9,14,17H,10-11H2,1H3,(H3,20,21,22);1H/t14-,17+;/m0./s1. The van der Waals surface area contributed by atoms with Crippen molar-refractivity contribution < 1.29 is 4.74 Å². The number of benzene rings is 2. The molecule has 6 heteroatoms. The molecule has 0 radical (unpaired) electrons. The zero-order valence-corrected chi connectivity index (χ0v) is 17.3. The Balaban J connectivity index is 0.00000208. The van der Waals surface area contributed by atoms with E-state index in [9.17, 15) is 0 Å². The predicted octanol–water partition coefficient (Wildman–Crippen LogP) is 4.50. The molecular weight excluding hydrogens is 481 g/mol. The molecule has 2 atom stereocenters. The zero-order chi connectivity index (χ0) is 16.2. The van der Waals surface area contributed by atoms with Crippen LogP contribution in [0.4, 0.5) is 5.69 Å². The van der Waals surface area contributed by atoms with Crippen LogP contribution in [-0.4, -0.2) is 19.1 Å². The number of aliphatic imine (C=N–C) groups is 1. The number of hydrogen-bond acceptors (Lipinski definition) is 2. The van der Waals surface area contributed by atoms with Crippen molar-refractivity contribution in [2.75, 3.05) is 12.4 Å². The van der Waals surface area contributed by atoms with Gasteiger partial charge in [-0.25, -0.2) is 4.99 Å². The smallest absolute Gasteiger partial charge is 0.193 e. The number of ether oxygens (including phenoxy) is 1. The van der Waals surface area contributed by atoms with Gasteiger partial charge in [-0.1, -0.05) is 52.3 Å². The summed E-state index contributed by atoms with van der Waals surface area (Å²) in [5.74, 6) is 0.897. The number of anilines is 1. The second-order valence-corrected chi connectivity index (χ2v) is 6.51. The maximum Gasteiger partial charge on any atom is 0.193 e. The minimum absolute atomic E-state index is 0. The molecule has 4 nitrogen and oxygen atoms in total. The highest BCUT2D eigenvalue weighted by Gasteiger charge is 2.39. The first-order valence-electron chi connectivity index (χ1n) is 7.60. The molecule has 2 aromatic carbocycles. The van der Waals surface area contributed by atoms with Gasteiger partial charge in [-0.05, 0) is 24.1 Å². The van der Waals surface area contributed by atoms with Crippen LogP contribution >= 0.6 is 39.9 Å². The maximum absolute atomic E-state index is 6.08. The monoisotopic (exact) mass is 501 g/mol. The van der Waals surface area contributed by atoms with Crippen molar-refractivity contribution in [1.29, 1.82) is 0 Å². The van der Waals surface area contributed by atoms with Crippen LogP contribution in [0.2, 0.25) is 0 Å². The lowest BCUT2D eigenvalue weighted by Crippen LogP contribution is -2.24. The topological polar surface area (TPSA) is 59.6 Å². The van der Waals surface area contributed by atoms with Crippen LogP contribution in [0, 0.1) is 0 Å². The fourth-order valence-corrected chi connectivity index (χ4v) is 3.29. The molecule has 1 saturated carbocycles. The minimum atomic E-state index is 0. The van der Waals surface area contributed by atoms with Crippen LogP contribution in [-0.2, 0) is 11.3 Å². The van der Waals surface area contributed by atoms with E-state index in [0.29, 0.717) is 18.5 Å². The Bertz CT molecular complexity index is 723. The minimum Gasteiger partial charge on any atom is -0.380 e. The van der Waals surface area contributed by atoms with E-state index in [1.165, 1.54) is 5.56 Å². The van der Waals surface area contributed by atoms with E-state index < -0.39 is 0 Å². The lowest BCUT2D eigenvalue weighted by Gasteiger charge is -2.10. The molecular formula is C18H21BrIN3O. The lowest BCUT2D eigenvalue weighted by atomic mass is 10.1. The van der Waals surface area contributed by atoms with Gasteiger partial charge in [0, 0.05) is 28.8 Å². The van der Waals surface area contributed by atoms with E-state index in [1.807, 2.05) is 30.3 Å². The largest absolute Gasteiger partial charge is 0.380 e. The molecule has 2 aromatic rings. The molecule has 1 aliphatic rings. The summed E-state index contributed by atoms with van der Waals surface area (Å²) in [4.78, 5) is 4.61. The first-order valence-corrected chi connectivity index (χ1v) is 8.40. The maximum atomic E-state index is 6.08. The lowest BCUT2D eigenvalue weighted by molar-refractivity contribution is 0.185. The summed E-state index contributed by atoms with van der Waals surface area (Å²) in [5, 5.41) is 3.19. The molecule has 0 unspecified atom stereocenters. The molecule has 0 bridgehead atoms. The summed E-state index contributed by atoms with van der Waals surface area (Å²) in [6.07, 6.45) is 1.03. The van der Waals surface area contributed by atoms with Gasteiger partial charge in [-0.2, -0.15) is 0 Å². The van der Waals surface area contributed by atoms with Gasteiger partial charge in [0.05, 0.1) is 12.6 Å². The summed E-state index contributed by atoms with van der Waals surface area (Å²) >= 11 is 3.60. The van der Waals surface area contributed by atoms with Gasteiger partial charge in [-0.15, -0.1) is 24.0 Å². The number of para-hydroxylation sites is 1. The third-order valence-electron chi connectivity index (χ3n) is 3.95. The van der Waals surface area contributed by atoms with Crippen LogP contribution in [0.15, 0.2) is 58.0 Å². The fourth-order valence-electron chi connectivity index (χ4n) is 2.71. The van der Waals surface area contributed by atoms with Crippen LogP contribution in [0.25, 0.3) is 0 Å². The Labute approximate surface area is 168 Å². The molecule has 128 valence electrons. The first-order chi connectivity index (χ1) is 11.2. The predicted molar refractivity (Wildman–Crippen MR) is 113 cm³/mol. The van der Waals surface area contributed by atoms with E-state index in [0.717, 1.165) is 22.1 Å². The SMILES string of the molecule is COCc1ccccc1NC(N)=N[C@@H]1C[C@H]1c1ccccc1Br.I. The molecule has 24 heavy (non-hydrogen) atoms. The molecule has 1 aliphatic carbocycles. The number of rotatable bonds is 5. The molecule has 3 rings (SSSR count). The normalized spacial score (nSPS) is 19.5. The highest BCUT2D eigenvalue weighted by molar-refractivity contribution is 14.0. The van der Waals surface area contributed by atoms with E-state index in [2.05, 4.69) is 44.4 Å². The van der Waals surface area contributed by atoms with E-state index in [1.54, 1.807) is 7.11 Å². The van der Waals surface area contributed by atoms with Crippen molar-refractivity contribution in [3.63, 3.8) is 0 Å². The molecule has 0 aliphatic heterocycles. The van der Waals surface area contributed by atoms with Crippen molar-refractivity contribution in [3.8, 4) is 0 Å². The van der Waals surface area contributed by atoms with Crippen LogP contribution in [0.1, 0.15) is 23.5 Å². The van der Waals surface area contributed by atoms with Crippen molar-refractivity contribution in [3.05, 3.63) is 64.1 Å². The summed E-state index contributed by atoms with van der Waals surface area (Å²) < 4.78 is 6.34. The van der Waals surface area contributed by atoms with Crippen LogP contribution in [0.3, 0.4) is 0 Å². The van der Waals surface area contributed by atoms with E-state index in [4.69, 9.17) is 10.5 Å². The molecule has 0 amide bonds. The van der Waals surface area contributed by atoms with Crippen molar-refractivity contribution >= 4 is 51.6 Å². The molecule has 1 fully saturated rings. The summed E-state index contributed by atoms with van der Waals surface area (Å²) in [5.41, 5.74) is 9.38. The van der Waals surface area contributed by atoms with Crippen LogP contribution < -0.4 is 11.1 Å². The number of hydrogen-bond donors (Lipinski definition) is 2. The average molecular weight is 502 g/mol. The fraction of sp³-hybridized carbons (Fsp3) is 0.278. The summed E-state index contributed by atoms with van der Waals surface area (Å²) in [6.45, 7) is 0.541. The zero-order valence-electron chi connectivity index (χ0n) is 13.4. The van der Waals surface area contributed by atoms with Crippen molar-refractivity contribution in [1.82, 2.24) is 0 Å². The Morgan fingerprint density at radius 3 is 2.71 bits per heavy atom. The third kappa shape index (κ3) is 4.70. The highest BCUT2D eigenvalue weighted by atomic mass is 127. The number of guanidine groups is 1. The Morgan fingerprint density at radius 2 is 1.96 bits per heavy atom. The van der Waals surface area contributed by atoms with E-state index in [-0.39, 0.29) is 30.0 Å². The van der Waals surface area contributed by atoms with Gasteiger partial charge in [0.2, 0.25) is 0 Å². The van der Waals surface area contributed by atoms with Crippen molar-refractivity contribution in [2.24, 2.45) is 10.7 Å². The van der Waals surface area contributed by atoms with Gasteiger partial charge in [0.25, 0.3) is 0 Å². The number of methoxy groups -OCH3 is 1. The number of nitrogens with two attached hydrogens (primary N) is 1. The first kappa shape index (κ1) is 19.2. The number of halogens is 2. The van der Waals surface area contributed by atoms with Crippen LogP contribution in [0.5, 0.6) is 0 Å². The summed E-state index contributed by atoms with van der Waals surface area (Å²) in [6, 6.07) is 16.5. The molecule has 0 heterocycles. The highest BCUT2D eigenvalue weighted by Crippen LogP contribution is 2.45. The molecule has 0 spiro atoms. The third-order valence-corrected chi connectivity index (χ3v) is 4.67. The molecule has 0 aromatic heterocycles. The van der Waals surface area contributed by atoms with Gasteiger partial charge in [0.1, 0.15) is 0 Å². The molecule has 0 saturated heterocycles. The summed E-state index contributed by atoms with van der Waals surface area (Å²) in [7, 11) is 1.68. The van der Waals surface area contributed by atoms with E-state index >= 15 is 0 Å². The van der Waals surface area contributed by atoms with Gasteiger partial charge >= 0.3 is 0 Å². The van der Waals surface area contributed by atoms with Crippen molar-refractivity contribution in [2.45, 2.75) is 25.0 Å². The Kier molecular flexibility index (Phi) is 7.06. The number of nitrogens with zero attached hydrogens (tertiary/aromatic N) is 1. The average Bonchev–Trinajstić information content (AvgIpc) is 3.28. The Morgan fingerprint density at radius 1 is 1.25 bits per heavy atom. The second-order valence-electron chi connectivity index (χ2n) is 5.66. The van der Waals surface area contributed by atoms with Gasteiger partial charge in [-0.3, -0.25) is 0 Å².